The van der Waals surface area contributed by atoms with Crippen molar-refractivity contribution in [2.75, 3.05) is 30.8 Å². The molecule has 4 rings (SSSR count). The van der Waals surface area contributed by atoms with E-state index in [2.05, 4.69) is 20.6 Å². The number of nitrogens with two attached hydrogens (primary N) is 1. The molecule has 38 heavy (non-hydrogen) atoms. The normalized spacial score (nSPS) is 22.6. The van der Waals surface area contributed by atoms with Crippen LogP contribution in [0, 0.1) is 0 Å². The molecule has 1 amide bonds. The van der Waals surface area contributed by atoms with E-state index in [9.17, 15) is 18.3 Å². The van der Waals surface area contributed by atoms with Crippen LogP contribution in [0.25, 0.3) is 0 Å². The summed E-state index contributed by atoms with van der Waals surface area (Å²) in [6, 6.07) is 4.78. The number of nitrogens with one attached hydrogen (secondary N) is 2. The predicted molar refractivity (Wildman–Crippen MR) is 145 cm³/mol. The van der Waals surface area contributed by atoms with Crippen molar-refractivity contribution in [2.24, 2.45) is 5.73 Å². The molecule has 2 heterocycles. The first kappa shape index (κ1) is 28.1. The molecule has 0 radical (unpaired) electrons. The van der Waals surface area contributed by atoms with E-state index in [0.29, 0.717) is 49.6 Å². The number of hydrogen-bond acceptors (Lipinski definition) is 9. The second kappa shape index (κ2) is 11.4. The van der Waals surface area contributed by atoms with Gasteiger partial charge in [0.15, 0.2) is 11.5 Å². The van der Waals surface area contributed by atoms with Crippen molar-refractivity contribution in [1.82, 2.24) is 14.3 Å². The van der Waals surface area contributed by atoms with Gasteiger partial charge in [0, 0.05) is 30.9 Å². The molecule has 12 heteroatoms. The first-order chi connectivity index (χ1) is 18.0. The van der Waals surface area contributed by atoms with Crippen LogP contribution in [0.15, 0.2) is 23.1 Å². The maximum Gasteiger partial charge on any atom is 0.271 e. The van der Waals surface area contributed by atoms with Crippen LogP contribution in [-0.2, 0) is 16.4 Å². The Morgan fingerprint density at radius 3 is 2.47 bits per heavy atom. The number of ether oxygens (including phenoxy) is 1. The fraction of sp³-hybridized carbons (Fsp3) is 0.577. The second-order valence-electron chi connectivity index (χ2n) is 10.3. The Labute approximate surface area is 224 Å². The summed E-state index contributed by atoms with van der Waals surface area (Å²) in [5.74, 6) is 0.162. The van der Waals surface area contributed by atoms with E-state index in [1.807, 2.05) is 13.8 Å². The number of aliphatic hydroxyl groups is 1. The minimum atomic E-state index is -3.71. The topological polar surface area (TPSA) is 160 Å². The molecular formula is C26H38N6O5S. The van der Waals surface area contributed by atoms with Crippen molar-refractivity contribution < 1.29 is 23.1 Å². The number of primary amides is 1. The lowest BCUT2D eigenvalue weighted by molar-refractivity contribution is 0.0196. The van der Waals surface area contributed by atoms with E-state index in [-0.39, 0.29) is 28.2 Å². The molecule has 5 N–H and O–H groups in total. The summed E-state index contributed by atoms with van der Waals surface area (Å²) in [7, 11) is -2.29. The molecule has 11 nitrogen and oxygen atoms in total. The number of aromatic nitrogens is 2. The fourth-order valence-electron chi connectivity index (χ4n) is 5.01. The fourth-order valence-corrected chi connectivity index (χ4v) is 6.66. The first-order valence-corrected chi connectivity index (χ1v) is 14.6. The number of nitrogens with zero attached hydrogens (tertiary/aromatic N) is 3. The van der Waals surface area contributed by atoms with Gasteiger partial charge < -0.3 is 26.2 Å². The van der Waals surface area contributed by atoms with Crippen LogP contribution in [-0.4, -0.2) is 65.5 Å². The van der Waals surface area contributed by atoms with E-state index >= 15 is 0 Å². The molecule has 0 atom stereocenters. The molecule has 1 aliphatic carbocycles. The third-order valence-electron chi connectivity index (χ3n) is 7.30. The van der Waals surface area contributed by atoms with Crippen molar-refractivity contribution in [3.05, 3.63) is 29.6 Å². The third-order valence-corrected chi connectivity index (χ3v) is 9.24. The number of rotatable bonds is 9. The number of piperidine rings is 1. The molecule has 1 saturated heterocycles. The van der Waals surface area contributed by atoms with E-state index in [4.69, 9.17) is 10.5 Å². The van der Waals surface area contributed by atoms with Gasteiger partial charge in [0.2, 0.25) is 10.0 Å². The number of carbonyl (C=O) groups excluding carboxylic acids is 1. The largest absolute Gasteiger partial charge is 0.495 e. The Morgan fingerprint density at radius 1 is 1.18 bits per heavy atom. The first-order valence-electron chi connectivity index (χ1n) is 13.2. The Morgan fingerprint density at radius 2 is 1.87 bits per heavy atom. The van der Waals surface area contributed by atoms with Crippen LogP contribution in [0.3, 0.4) is 0 Å². The average Bonchev–Trinajstić information content (AvgIpc) is 2.90. The van der Waals surface area contributed by atoms with Crippen molar-refractivity contribution in [2.45, 2.75) is 81.8 Å². The summed E-state index contributed by atoms with van der Waals surface area (Å²) in [5, 5.41) is 16.8. The molecule has 0 spiro atoms. The summed E-state index contributed by atoms with van der Waals surface area (Å²) in [6.45, 7) is 4.74. The van der Waals surface area contributed by atoms with Gasteiger partial charge in [0.1, 0.15) is 16.5 Å². The molecule has 1 saturated carbocycles. The number of amides is 1. The standard InChI is InChI=1S/C26H38N6O5S/c1-4-19-24(28-17-10-12-26(2,34)13-11-17)31-25(22(30-19)23(27)33)29-18-8-9-21(20(16-18)37-3)38(35,36)32-14-6-5-7-15-32/h8-9,16-17,34H,4-7,10-15H2,1-3H3,(H2,27,33)(H2,28,29,31)/t17-,26+. The molecule has 1 aliphatic heterocycles. The van der Waals surface area contributed by atoms with Gasteiger partial charge in [-0.15, -0.1) is 0 Å². The maximum absolute atomic E-state index is 13.2. The molecule has 2 fully saturated rings. The summed E-state index contributed by atoms with van der Waals surface area (Å²) in [5.41, 5.74) is 6.05. The Bertz CT molecular complexity index is 1270. The average molecular weight is 547 g/mol. The molecular weight excluding hydrogens is 508 g/mol. The minimum absolute atomic E-state index is 0.0111. The molecule has 208 valence electrons. The van der Waals surface area contributed by atoms with Crippen LogP contribution in [0.5, 0.6) is 5.75 Å². The SMILES string of the molecule is CCc1nc(C(N)=O)c(Nc2ccc(S(=O)(=O)N3CCCCC3)c(OC)c2)nc1N[C@H]1CC[C@@](C)(O)CC1. The predicted octanol–water partition coefficient (Wildman–Crippen LogP) is 3.17. The Balaban J connectivity index is 1.63. The van der Waals surface area contributed by atoms with Gasteiger partial charge in [-0.2, -0.15) is 4.31 Å². The smallest absolute Gasteiger partial charge is 0.271 e. The summed E-state index contributed by atoms with van der Waals surface area (Å²) < 4.78 is 33.4. The molecule has 1 aromatic carbocycles. The number of hydrogen-bond donors (Lipinski definition) is 4. The molecule has 0 bridgehead atoms. The van der Waals surface area contributed by atoms with Crippen molar-refractivity contribution in [3.8, 4) is 5.75 Å². The highest BCUT2D eigenvalue weighted by Gasteiger charge is 2.31. The lowest BCUT2D eigenvalue weighted by Gasteiger charge is -2.34. The van der Waals surface area contributed by atoms with Crippen molar-refractivity contribution in [3.63, 3.8) is 0 Å². The van der Waals surface area contributed by atoms with Crippen molar-refractivity contribution >= 4 is 33.3 Å². The summed E-state index contributed by atoms with van der Waals surface area (Å²) in [4.78, 5) is 21.5. The summed E-state index contributed by atoms with van der Waals surface area (Å²) >= 11 is 0. The van der Waals surface area contributed by atoms with Gasteiger partial charge in [0.25, 0.3) is 5.91 Å². The van der Waals surface area contributed by atoms with Crippen LogP contribution in [0.2, 0.25) is 0 Å². The quantitative estimate of drug-likeness (QED) is 0.370. The van der Waals surface area contributed by atoms with Gasteiger partial charge in [-0.1, -0.05) is 13.3 Å². The Hall–Kier alpha value is -2.96. The van der Waals surface area contributed by atoms with E-state index in [1.165, 1.54) is 17.5 Å². The van der Waals surface area contributed by atoms with Crippen LogP contribution in [0.4, 0.5) is 17.3 Å². The van der Waals surface area contributed by atoms with Gasteiger partial charge in [-0.25, -0.2) is 18.4 Å². The van der Waals surface area contributed by atoms with Crippen LogP contribution in [0.1, 0.15) is 75.0 Å². The van der Waals surface area contributed by atoms with Crippen molar-refractivity contribution in [1.29, 1.82) is 0 Å². The Kier molecular flexibility index (Phi) is 8.43. The lowest BCUT2D eigenvalue weighted by Crippen LogP contribution is -2.36. The van der Waals surface area contributed by atoms with Gasteiger partial charge >= 0.3 is 0 Å². The van der Waals surface area contributed by atoms with Crippen LogP contribution < -0.4 is 21.1 Å². The molecule has 1 aromatic heterocycles. The van der Waals surface area contributed by atoms with E-state index in [1.54, 1.807) is 12.1 Å². The number of aryl methyl sites for hydroxylation is 1. The number of sulfonamides is 1. The highest BCUT2D eigenvalue weighted by atomic mass is 32.2. The summed E-state index contributed by atoms with van der Waals surface area (Å²) in [6.07, 6.45) is 6.14. The highest BCUT2D eigenvalue weighted by molar-refractivity contribution is 7.89. The number of anilines is 3. The molecule has 0 unspecified atom stereocenters. The second-order valence-corrected chi connectivity index (χ2v) is 12.2. The van der Waals surface area contributed by atoms with Crippen LogP contribution >= 0.6 is 0 Å². The monoisotopic (exact) mass is 546 g/mol. The third kappa shape index (κ3) is 6.19. The van der Waals surface area contributed by atoms with Gasteiger partial charge in [0.05, 0.1) is 18.4 Å². The maximum atomic E-state index is 13.2. The zero-order valence-electron chi connectivity index (χ0n) is 22.3. The number of methoxy groups -OCH3 is 1. The molecule has 2 aromatic rings. The highest BCUT2D eigenvalue weighted by Crippen LogP contribution is 2.34. The zero-order valence-corrected chi connectivity index (χ0v) is 23.1. The van der Waals surface area contributed by atoms with Gasteiger partial charge in [-0.3, -0.25) is 4.79 Å². The minimum Gasteiger partial charge on any atom is -0.495 e. The number of carbonyl (C=O) groups is 1. The van der Waals surface area contributed by atoms with E-state index < -0.39 is 21.5 Å². The van der Waals surface area contributed by atoms with Gasteiger partial charge in [-0.05, 0) is 64.0 Å². The lowest BCUT2D eigenvalue weighted by atomic mass is 9.83. The van der Waals surface area contributed by atoms with E-state index in [0.717, 1.165) is 32.1 Å². The zero-order chi connectivity index (χ0) is 27.5. The number of benzene rings is 1. The molecule has 2 aliphatic rings.